The fourth-order valence-corrected chi connectivity index (χ4v) is 1.25. The average Bonchev–Trinajstić information content (AvgIpc) is 2.18. The first-order valence-electron chi connectivity index (χ1n) is 4.45. The minimum absolute atomic E-state index is 0.253. The second-order valence-corrected chi connectivity index (χ2v) is 3.23. The van der Waals surface area contributed by atoms with Gasteiger partial charge in [-0.3, -0.25) is 4.79 Å². The lowest BCUT2D eigenvalue weighted by molar-refractivity contribution is -0.138. The summed E-state index contributed by atoms with van der Waals surface area (Å²) in [4.78, 5) is 10.5. The number of carboxylic acids is 1. The molecule has 0 aliphatic heterocycles. The van der Waals surface area contributed by atoms with Crippen molar-refractivity contribution in [1.29, 1.82) is 0 Å². The van der Waals surface area contributed by atoms with Crippen LogP contribution in [0.5, 0.6) is 5.75 Å². The van der Waals surface area contributed by atoms with Crippen LogP contribution in [0, 0.1) is 0 Å². The van der Waals surface area contributed by atoms with E-state index >= 15 is 0 Å². The van der Waals surface area contributed by atoms with Crippen molar-refractivity contribution in [2.24, 2.45) is 5.73 Å². The third kappa shape index (κ3) is 2.85. The number of carbonyl (C=O) groups is 1. The molecule has 0 unspecified atom stereocenters. The lowest BCUT2D eigenvalue weighted by Gasteiger charge is -2.09. The molecule has 0 aromatic heterocycles. The van der Waals surface area contributed by atoms with E-state index in [1.165, 1.54) is 7.11 Å². The lowest BCUT2D eigenvalue weighted by atomic mass is 10.1. The van der Waals surface area contributed by atoms with E-state index < -0.39 is 12.0 Å². The minimum Gasteiger partial charge on any atom is -0.495 e. The molecule has 0 heterocycles. The summed E-state index contributed by atoms with van der Waals surface area (Å²) in [5.41, 5.74) is 12.3. The standard InChI is InChI=1S/C10H14N2O3/c1-15-9-3-2-6(4-7(9)11)5-8(12)10(13)14/h2-4,8H,5,11-12H2,1H3,(H,13,14)/t8-/m0/s1. The summed E-state index contributed by atoms with van der Waals surface area (Å²) in [6.45, 7) is 0. The zero-order chi connectivity index (χ0) is 11.4. The number of nitrogens with two attached hydrogens (primary N) is 2. The zero-order valence-corrected chi connectivity index (χ0v) is 8.43. The Morgan fingerprint density at radius 3 is 2.73 bits per heavy atom. The maximum absolute atomic E-state index is 10.5. The van der Waals surface area contributed by atoms with E-state index in [0.29, 0.717) is 11.4 Å². The Labute approximate surface area is 87.6 Å². The first kappa shape index (κ1) is 11.3. The van der Waals surface area contributed by atoms with Crippen LogP contribution in [0.4, 0.5) is 5.69 Å². The predicted molar refractivity (Wildman–Crippen MR) is 56.7 cm³/mol. The van der Waals surface area contributed by atoms with Gasteiger partial charge in [0.25, 0.3) is 0 Å². The van der Waals surface area contributed by atoms with Gasteiger partial charge >= 0.3 is 5.97 Å². The second kappa shape index (κ2) is 4.65. The van der Waals surface area contributed by atoms with Gasteiger partial charge in [-0.2, -0.15) is 0 Å². The number of rotatable bonds is 4. The van der Waals surface area contributed by atoms with Gasteiger partial charge in [-0.15, -0.1) is 0 Å². The molecule has 1 aromatic rings. The van der Waals surface area contributed by atoms with Crippen LogP contribution in [0.3, 0.4) is 0 Å². The van der Waals surface area contributed by atoms with Gasteiger partial charge in [0.1, 0.15) is 11.8 Å². The summed E-state index contributed by atoms with van der Waals surface area (Å²) >= 11 is 0. The Kier molecular flexibility index (Phi) is 3.51. The quantitative estimate of drug-likeness (QED) is 0.618. The Hall–Kier alpha value is -1.75. The van der Waals surface area contributed by atoms with Crippen molar-refractivity contribution in [2.75, 3.05) is 12.8 Å². The Morgan fingerprint density at radius 1 is 1.60 bits per heavy atom. The third-order valence-electron chi connectivity index (χ3n) is 2.07. The van der Waals surface area contributed by atoms with E-state index in [1.807, 2.05) is 0 Å². The van der Waals surface area contributed by atoms with Crippen LogP contribution in [-0.2, 0) is 11.2 Å². The molecule has 0 spiro atoms. The molecular formula is C10H14N2O3. The molecule has 5 nitrogen and oxygen atoms in total. The summed E-state index contributed by atoms with van der Waals surface area (Å²) in [6.07, 6.45) is 0.253. The summed E-state index contributed by atoms with van der Waals surface area (Å²) in [5.74, 6) is -0.452. The SMILES string of the molecule is COc1ccc(C[C@H](N)C(=O)O)cc1N. The first-order chi connectivity index (χ1) is 7.04. The maximum Gasteiger partial charge on any atom is 0.320 e. The van der Waals surface area contributed by atoms with Gasteiger partial charge in [0.15, 0.2) is 0 Å². The summed E-state index contributed by atoms with van der Waals surface area (Å²) in [7, 11) is 1.52. The highest BCUT2D eigenvalue weighted by atomic mass is 16.5. The van der Waals surface area contributed by atoms with Crippen LogP contribution >= 0.6 is 0 Å². The number of hydrogen-bond donors (Lipinski definition) is 3. The van der Waals surface area contributed by atoms with Gasteiger partial charge in [-0.1, -0.05) is 6.07 Å². The van der Waals surface area contributed by atoms with Crippen LogP contribution < -0.4 is 16.2 Å². The molecule has 0 bridgehead atoms. The van der Waals surface area contributed by atoms with E-state index in [9.17, 15) is 4.79 Å². The molecule has 15 heavy (non-hydrogen) atoms. The largest absolute Gasteiger partial charge is 0.495 e. The van der Waals surface area contributed by atoms with Crippen molar-refractivity contribution in [1.82, 2.24) is 0 Å². The fraction of sp³-hybridized carbons (Fsp3) is 0.300. The van der Waals surface area contributed by atoms with E-state index in [1.54, 1.807) is 18.2 Å². The molecule has 0 radical (unpaired) electrons. The predicted octanol–water partition coefficient (Wildman–Crippen LogP) is 0.232. The Bertz CT molecular complexity index is 366. The van der Waals surface area contributed by atoms with Crippen molar-refractivity contribution < 1.29 is 14.6 Å². The van der Waals surface area contributed by atoms with Gasteiger partial charge in [0.2, 0.25) is 0 Å². The smallest absolute Gasteiger partial charge is 0.320 e. The molecule has 0 aliphatic rings. The van der Waals surface area contributed by atoms with Crippen molar-refractivity contribution >= 4 is 11.7 Å². The molecule has 1 aromatic carbocycles. The van der Waals surface area contributed by atoms with Crippen molar-refractivity contribution in [2.45, 2.75) is 12.5 Å². The van der Waals surface area contributed by atoms with E-state index in [-0.39, 0.29) is 6.42 Å². The molecule has 0 saturated heterocycles. The molecule has 0 saturated carbocycles. The van der Waals surface area contributed by atoms with Gasteiger partial charge < -0.3 is 21.3 Å². The van der Waals surface area contributed by atoms with Gasteiger partial charge in [0.05, 0.1) is 12.8 Å². The van der Waals surface area contributed by atoms with Crippen molar-refractivity contribution in [3.8, 4) is 5.75 Å². The number of aliphatic carboxylic acids is 1. The number of methoxy groups -OCH3 is 1. The van der Waals surface area contributed by atoms with E-state index in [0.717, 1.165) is 5.56 Å². The number of benzene rings is 1. The topological polar surface area (TPSA) is 98.6 Å². The number of ether oxygens (including phenoxy) is 1. The van der Waals surface area contributed by atoms with Gasteiger partial charge in [-0.05, 0) is 24.1 Å². The molecule has 0 aliphatic carbocycles. The van der Waals surface area contributed by atoms with Crippen LogP contribution in [0.25, 0.3) is 0 Å². The van der Waals surface area contributed by atoms with Crippen LogP contribution in [0.1, 0.15) is 5.56 Å². The van der Waals surface area contributed by atoms with Crippen LogP contribution in [-0.4, -0.2) is 24.2 Å². The molecule has 5 heteroatoms. The second-order valence-electron chi connectivity index (χ2n) is 3.23. The van der Waals surface area contributed by atoms with Crippen molar-refractivity contribution in [3.05, 3.63) is 23.8 Å². The van der Waals surface area contributed by atoms with E-state index in [4.69, 9.17) is 21.3 Å². The first-order valence-corrected chi connectivity index (χ1v) is 4.45. The summed E-state index contributed by atoms with van der Waals surface area (Å²) < 4.78 is 4.98. The van der Waals surface area contributed by atoms with E-state index in [2.05, 4.69) is 0 Å². The highest BCUT2D eigenvalue weighted by molar-refractivity contribution is 5.73. The Morgan fingerprint density at radius 2 is 2.27 bits per heavy atom. The Balaban J connectivity index is 2.79. The normalized spacial score (nSPS) is 12.1. The minimum atomic E-state index is -1.02. The summed E-state index contributed by atoms with van der Waals surface area (Å²) in [5, 5.41) is 8.63. The number of carboxylic acid groups (broad SMARTS) is 1. The van der Waals surface area contributed by atoms with Crippen molar-refractivity contribution in [3.63, 3.8) is 0 Å². The molecule has 1 atom stereocenters. The molecule has 82 valence electrons. The molecular weight excluding hydrogens is 196 g/mol. The maximum atomic E-state index is 10.5. The highest BCUT2D eigenvalue weighted by Crippen LogP contribution is 2.22. The molecule has 0 amide bonds. The summed E-state index contributed by atoms with van der Waals surface area (Å²) in [6, 6.07) is 4.21. The molecule has 5 N–H and O–H groups in total. The van der Waals surface area contributed by atoms with Gasteiger partial charge in [0, 0.05) is 0 Å². The lowest BCUT2D eigenvalue weighted by Crippen LogP contribution is -2.32. The highest BCUT2D eigenvalue weighted by Gasteiger charge is 2.12. The number of anilines is 1. The average molecular weight is 210 g/mol. The number of hydrogen-bond acceptors (Lipinski definition) is 4. The number of nitrogen functional groups attached to an aromatic ring is 1. The van der Waals surface area contributed by atoms with Gasteiger partial charge in [-0.25, -0.2) is 0 Å². The molecule has 1 rings (SSSR count). The zero-order valence-electron chi connectivity index (χ0n) is 8.43. The fourth-order valence-electron chi connectivity index (χ4n) is 1.25. The van der Waals surface area contributed by atoms with Crippen LogP contribution in [0.2, 0.25) is 0 Å². The molecule has 0 fully saturated rings. The van der Waals surface area contributed by atoms with Crippen LogP contribution in [0.15, 0.2) is 18.2 Å². The third-order valence-corrected chi connectivity index (χ3v) is 2.07. The monoisotopic (exact) mass is 210 g/mol.